The molecule has 4 aromatic carbocycles. The van der Waals surface area contributed by atoms with Crippen molar-refractivity contribution in [2.75, 3.05) is 12.2 Å². The standard InChI is InChI=1S/C25H25NO/c1-25(2,3)26(27-4)24-21-16-10-8-14-19(21)23(18-12-6-5-7-13-18)20-15-9-11-17-22(20)24/h5-17H,1-4H3. The molecule has 2 heteroatoms. The maximum atomic E-state index is 5.90. The molecule has 0 fully saturated rings. The third-order valence-corrected chi connectivity index (χ3v) is 4.96. The second kappa shape index (κ2) is 6.71. The van der Waals surface area contributed by atoms with Crippen LogP contribution in [0, 0.1) is 0 Å². The molecule has 0 amide bonds. The molecule has 0 aliphatic rings. The number of nitrogens with zero attached hydrogens (tertiary/aromatic N) is 1. The van der Waals surface area contributed by atoms with Gasteiger partial charge in [0.15, 0.2) is 0 Å². The van der Waals surface area contributed by atoms with Crippen molar-refractivity contribution in [2.45, 2.75) is 26.3 Å². The lowest BCUT2D eigenvalue weighted by atomic mass is 9.90. The van der Waals surface area contributed by atoms with Gasteiger partial charge in [0.1, 0.15) is 0 Å². The van der Waals surface area contributed by atoms with Crippen LogP contribution in [0.2, 0.25) is 0 Å². The summed E-state index contributed by atoms with van der Waals surface area (Å²) in [5.74, 6) is 0. The van der Waals surface area contributed by atoms with Gasteiger partial charge in [-0.2, -0.15) is 0 Å². The first kappa shape index (κ1) is 17.6. The van der Waals surface area contributed by atoms with Gasteiger partial charge in [0.2, 0.25) is 0 Å². The molecule has 4 rings (SSSR count). The first-order valence-corrected chi connectivity index (χ1v) is 9.35. The third kappa shape index (κ3) is 2.96. The minimum atomic E-state index is -0.172. The number of hydrogen-bond donors (Lipinski definition) is 0. The quantitative estimate of drug-likeness (QED) is 0.295. The summed E-state index contributed by atoms with van der Waals surface area (Å²) in [6.45, 7) is 6.52. The monoisotopic (exact) mass is 355 g/mol. The van der Waals surface area contributed by atoms with E-state index >= 15 is 0 Å². The number of benzene rings is 4. The zero-order valence-corrected chi connectivity index (χ0v) is 16.4. The number of rotatable bonds is 3. The minimum Gasteiger partial charge on any atom is -0.276 e. The Morgan fingerprint density at radius 3 is 1.52 bits per heavy atom. The Balaban J connectivity index is 2.21. The fourth-order valence-corrected chi connectivity index (χ4v) is 3.94. The van der Waals surface area contributed by atoms with Crippen molar-refractivity contribution in [1.29, 1.82) is 0 Å². The van der Waals surface area contributed by atoms with Crippen LogP contribution in [0.4, 0.5) is 5.69 Å². The second-order valence-electron chi connectivity index (χ2n) is 7.83. The Morgan fingerprint density at radius 1 is 0.630 bits per heavy atom. The topological polar surface area (TPSA) is 12.5 Å². The Hall–Kier alpha value is -2.84. The predicted octanol–water partition coefficient (Wildman–Crippen LogP) is 6.83. The van der Waals surface area contributed by atoms with Crippen LogP contribution in [0.25, 0.3) is 32.7 Å². The van der Waals surface area contributed by atoms with Gasteiger partial charge in [-0.15, -0.1) is 0 Å². The summed E-state index contributed by atoms with van der Waals surface area (Å²) < 4.78 is 0. The fourth-order valence-electron chi connectivity index (χ4n) is 3.94. The van der Waals surface area contributed by atoms with Crippen molar-refractivity contribution in [3.8, 4) is 11.1 Å². The number of anilines is 1. The Kier molecular flexibility index (Phi) is 4.37. The Morgan fingerprint density at radius 2 is 1.07 bits per heavy atom. The molecule has 0 bridgehead atoms. The number of fused-ring (bicyclic) bond motifs is 2. The maximum Gasteiger partial charge on any atom is 0.0799 e. The molecule has 0 atom stereocenters. The molecular weight excluding hydrogens is 330 g/mol. The van der Waals surface area contributed by atoms with Crippen molar-refractivity contribution in [3.63, 3.8) is 0 Å². The van der Waals surface area contributed by atoms with E-state index < -0.39 is 0 Å². The molecule has 0 saturated heterocycles. The summed E-state index contributed by atoms with van der Waals surface area (Å²) in [7, 11) is 1.75. The molecule has 0 unspecified atom stereocenters. The van der Waals surface area contributed by atoms with E-state index in [1.165, 1.54) is 32.7 Å². The zero-order chi connectivity index (χ0) is 19.0. The average Bonchev–Trinajstić information content (AvgIpc) is 2.67. The molecule has 0 spiro atoms. The highest BCUT2D eigenvalue weighted by Gasteiger charge is 2.27. The Bertz CT molecular complexity index is 1040. The van der Waals surface area contributed by atoms with Crippen LogP contribution < -0.4 is 5.06 Å². The summed E-state index contributed by atoms with van der Waals surface area (Å²) in [5.41, 5.74) is 3.46. The van der Waals surface area contributed by atoms with Crippen molar-refractivity contribution in [1.82, 2.24) is 0 Å². The molecule has 0 aromatic heterocycles. The summed E-state index contributed by atoms with van der Waals surface area (Å²) >= 11 is 0. The molecule has 0 radical (unpaired) electrons. The van der Waals surface area contributed by atoms with Crippen LogP contribution in [0.3, 0.4) is 0 Å². The lowest BCUT2D eigenvalue weighted by Gasteiger charge is -2.37. The molecule has 27 heavy (non-hydrogen) atoms. The van der Waals surface area contributed by atoms with Gasteiger partial charge in [0.25, 0.3) is 0 Å². The largest absolute Gasteiger partial charge is 0.276 e. The van der Waals surface area contributed by atoms with Gasteiger partial charge in [-0.05, 0) is 42.7 Å². The second-order valence-corrected chi connectivity index (χ2v) is 7.83. The van der Waals surface area contributed by atoms with Crippen LogP contribution in [0.15, 0.2) is 78.9 Å². The number of hydroxylamine groups is 1. The van der Waals surface area contributed by atoms with Crippen molar-refractivity contribution >= 4 is 27.2 Å². The maximum absolute atomic E-state index is 5.90. The molecule has 0 aliphatic carbocycles. The van der Waals surface area contributed by atoms with Crippen LogP contribution in [-0.4, -0.2) is 12.6 Å². The normalized spacial score (nSPS) is 11.9. The zero-order valence-electron chi connectivity index (χ0n) is 16.4. The van der Waals surface area contributed by atoms with E-state index in [0.29, 0.717) is 0 Å². The lowest BCUT2D eigenvalue weighted by molar-refractivity contribution is 0.116. The molecule has 136 valence electrons. The van der Waals surface area contributed by atoms with Gasteiger partial charge in [-0.3, -0.25) is 4.84 Å². The van der Waals surface area contributed by atoms with Gasteiger partial charge < -0.3 is 0 Å². The molecule has 0 N–H and O–H groups in total. The smallest absolute Gasteiger partial charge is 0.0799 e. The van der Waals surface area contributed by atoms with Gasteiger partial charge in [0.05, 0.1) is 18.3 Å². The lowest BCUT2D eigenvalue weighted by Crippen LogP contribution is -2.40. The van der Waals surface area contributed by atoms with E-state index in [2.05, 4.69) is 99.6 Å². The Labute approximate surface area is 161 Å². The first-order valence-electron chi connectivity index (χ1n) is 9.35. The van der Waals surface area contributed by atoms with Crippen LogP contribution in [0.1, 0.15) is 20.8 Å². The fraction of sp³-hybridized carbons (Fsp3) is 0.200. The van der Waals surface area contributed by atoms with Crippen LogP contribution in [-0.2, 0) is 4.84 Å². The molecular formula is C25H25NO. The van der Waals surface area contributed by atoms with E-state index in [4.69, 9.17) is 4.84 Å². The molecule has 0 heterocycles. The minimum absolute atomic E-state index is 0.172. The van der Waals surface area contributed by atoms with Gasteiger partial charge in [0, 0.05) is 10.8 Å². The number of hydrogen-bond acceptors (Lipinski definition) is 2. The van der Waals surface area contributed by atoms with E-state index in [0.717, 1.165) is 5.69 Å². The summed E-state index contributed by atoms with van der Waals surface area (Å²) in [6, 6.07) is 27.9. The highest BCUT2D eigenvalue weighted by atomic mass is 16.7. The summed E-state index contributed by atoms with van der Waals surface area (Å²) in [4.78, 5) is 5.90. The van der Waals surface area contributed by atoms with E-state index in [1.807, 2.05) is 5.06 Å². The third-order valence-electron chi connectivity index (χ3n) is 4.96. The predicted molar refractivity (Wildman–Crippen MR) is 116 cm³/mol. The van der Waals surface area contributed by atoms with Gasteiger partial charge in [-0.25, -0.2) is 5.06 Å². The van der Waals surface area contributed by atoms with Gasteiger partial charge >= 0.3 is 0 Å². The van der Waals surface area contributed by atoms with Crippen molar-refractivity contribution < 1.29 is 4.84 Å². The molecule has 0 saturated carbocycles. The highest BCUT2D eigenvalue weighted by molar-refractivity contribution is 6.20. The van der Waals surface area contributed by atoms with E-state index in [1.54, 1.807) is 7.11 Å². The first-order chi connectivity index (χ1) is 13.0. The van der Waals surface area contributed by atoms with E-state index in [9.17, 15) is 0 Å². The van der Waals surface area contributed by atoms with Crippen molar-refractivity contribution in [3.05, 3.63) is 78.9 Å². The molecule has 2 nitrogen and oxygen atoms in total. The summed E-state index contributed by atoms with van der Waals surface area (Å²) in [5, 5.41) is 6.91. The molecule has 4 aromatic rings. The van der Waals surface area contributed by atoms with Crippen LogP contribution >= 0.6 is 0 Å². The molecule has 0 aliphatic heterocycles. The van der Waals surface area contributed by atoms with E-state index in [-0.39, 0.29) is 5.54 Å². The SMILES string of the molecule is CON(c1c2ccccc2c(-c2ccccc2)c2ccccc12)C(C)(C)C. The average molecular weight is 355 g/mol. The summed E-state index contributed by atoms with van der Waals surface area (Å²) in [6.07, 6.45) is 0. The van der Waals surface area contributed by atoms with Crippen molar-refractivity contribution in [2.24, 2.45) is 0 Å². The van der Waals surface area contributed by atoms with Gasteiger partial charge in [-0.1, -0.05) is 78.9 Å². The van der Waals surface area contributed by atoms with Crippen LogP contribution in [0.5, 0.6) is 0 Å². The highest BCUT2D eigenvalue weighted by Crippen LogP contribution is 2.44.